The smallest absolute Gasteiger partial charge is 0.108 e. The van der Waals surface area contributed by atoms with E-state index in [9.17, 15) is 0 Å². The predicted octanol–water partition coefficient (Wildman–Crippen LogP) is 4.06. The van der Waals surface area contributed by atoms with Crippen molar-refractivity contribution in [3.05, 3.63) is 77.9 Å². The van der Waals surface area contributed by atoms with E-state index in [0.29, 0.717) is 6.67 Å². The largest absolute Gasteiger partial charge is 0.366 e. The maximum Gasteiger partial charge on any atom is 0.108 e. The summed E-state index contributed by atoms with van der Waals surface area (Å²) in [6, 6.07) is 23.2. The minimum Gasteiger partial charge on any atom is -0.366 e. The first-order valence-electron chi connectivity index (χ1n) is 6.79. The number of nitrogens with zero attached hydrogens (tertiary/aromatic N) is 1. The van der Waals surface area contributed by atoms with Crippen LogP contribution in [-0.4, -0.2) is 12.4 Å². The quantitative estimate of drug-likeness (QED) is 0.699. The zero-order valence-corrected chi connectivity index (χ0v) is 11.0. The molecule has 1 aliphatic rings. The molecule has 0 aliphatic carbocycles. The Morgan fingerprint density at radius 2 is 1.50 bits per heavy atom. The van der Waals surface area contributed by atoms with Gasteiger partial charge in [-0.15, -0.1) is 0 Å². The van der Waals surface area contributed by atoms with Crippen LogP contribution in [-0.2, 0) is 0 Å². The topological polar surface area (TPSA) is 24.4 Å². The highest BCUT2D eigenvalue weighted by atomic mass is 15.0. The molecule has 0 saturated heterocycles. The van der Waals surface area contributed by atoms with Gasteiger partial charge in [-0.25, -0.2) is 0 Å². The lowest BCUT2D eigenvalue weighted by molar-refractivity contribution is 1.11. The maximum absolute atomic E-state index is 4.70. The van der Waals surface area contributed by atoms with Crippen LogP contribution in [0, 0.1) is 0 Å². The highest BCUT2D eigenvalue weighted by molar-refractivity contribution is 6.22. The Balaban J connectivity index is 1.98. The Labute approximate surface area is 117 Å². The van der Waals surface area contributed by atoms with Crippen LogP contribution in [0.4, 0.5) is 5.69 Å². The second-order valence-electron chi connectivity index (χ2n) is 4.91. The third-order valence-corrected chi connectivity index (χ3v) is 3.73. The first-order valence-corrected chi connectivity index (χ1v) is 6.79. The Kier molecular flexibility index (Phi) is 2.52. The van der Waals surface area contributed by atoms with E-state index in [2.05, 4.69) is 72.0 Å². The van der Waals surface area contributed by atoms with Crippen molar-refractivity contribution in [2.24, 2.45) is 4.99 Å². The molecule has 1 heterocycles. The standard InChI is InChI=1S/C18H14N2/c1-2-8-14-13(6-1)7-5-10-15(14)18-16-9-3-4-11-17(16)19-12-20-18/h1-11,19H,12H2. The van der Waals surface area contributed by atoms with Gasteiger partial charge in [0.1, 0.15) is 6.67 Å². The van der Waals surface area contributed by atoms with Crippen LogP contribution in [0.15, 0.2) is 71.7 Å². The fourth-order valence-corrected chi connectivity index (χ4v) is 2.79. The van der Waals surface area contributed by atoms with Gasteiger partial charge in [-0.2, -0.15) is 0 Å². The molecule has 0 unspecified atom stereocenters. The van der Waals surface area contributed by atoms with Crippen molar-refractivity contribution in [1.82, 2.24) is 0 Å². The van der Waals surface area contributed by atoms with Gasteiger partial charge in [-0.3, -0.25) is 4.99 Å². The van der Waals surface area contributed by atoms with Crippen molar-refractivity contribution in [1.29, 1.82) is 0 Å². The molecule has 3 aromatic carbocycles. The number of fused-ring (bicyclic) bond motifs is 2. The highest BCUT2D eigenvalue weighted by Gasteiger charge is 2.16. The normalized spacial score (nSPS) is 13.5. The van der Waals surface area contributed by atoms with Crippen LogP contribution in [0.3, 0.4) is 0 Å². The van der Waals surface area contributed by atoms with Gasteiger partial charge in [0.25, 0.3) is 0 Å². The third-order valence-electron chi connectivity index (χ3n) is 3.73. The van der Waals surface area contributed by atoms with Gasteiger partial charge >= 0.3 is 0 Å². The van der Waals surface area contributed by atoms with Gasteiger partial charge in [0.15, 0.2) is 0 Å². The van der Waals surface area contributed by atoms with E-state index in [1.807, 2.05) is 0 Å². The van der Waals surface area contributed by atoms with Crippen LogP contribution in [0.25, 0.3) is 10.8 Å². The van der Waals surface area contributed by atoms with E-state index in [1.54, 1.807) is 0 Å². The number of nitrogens with one attached hydrogen (secondary N) is 1. The van der Waals surface area contributed by atoms with Crippen LogP contribution >= 0.6 is 0 Å². The number of rotatable bonds is 1. The minimum absolute atomic E-state index is 0.634. The molecule has 0 spiro atoms. The summed E-state index contributed by atoms with van der Waals surface area (Å²) >= 11 is 0. The summed E-state index contributed by atoms with van der Waals surface area (Å²) in [4.78, 5) is 4.70. The highest BCUT2D eigenvalue weighted by Crippen LogP contribution is 2.27. The fourth-order valence-electron chi connectivity index (χ4n) is 2.79. The Bertz CT molecular complexity index is 813. The molecule has 0 fully saturated rings. The third kappa shape index (κ3) is 1.69. The monoisotopic (exact) mass is 258 g/mol. The first kappa shape index (κ1) is 11.2. The van der Waals surface area contributed by atoms with Gasteiger partial charge < -0.3 is 5.32 Å². The molecule has 2 nitrogen and oxygen atoms in total. The summed E-state index contributed by atoms with van der Waals surface area (Å²) in [5, 5.41) is 5.83. The zero-order valence-electron chi connectivity index (χ0n) is 11.0. The average molecular weight is 258 g/mol. The van der Waals surface area contributed by atoms with E-state index in [1.165, 1.54) is 21.9 Å². The molecule has 0 bridgehead atoms. The lowest BCUT2D eigenvalue weighted by Crippen LogP contribution is -2.16. The van der Waals surface area contributed by atoms with E-state index in [0.717, 1.165) is 11.4 Å². The molecule has 1 N–H and O–H groups in total. The number of hydrogen-bond donors (Lipinski definition) is 1. The van der Waals surface area contributed by atoms with Gasteiger partial charge in [0.05, 0.1) is 5.71 Å². The van der Waals surface area contributed by atoms with E-state index < -0.39 is 0 Å². The van der Waals surface area contributed by atoms with E-state index in [-0.39, 0.29) is 0 Å². The van der Waals surface area contributed by atoms with Crippen molar-refractivity contribution in [2.75, 3.05) is 12.0 Å². The number of anilines is 1. The molecule has 0 radical (unpaired) electrons. The van der Waals surface area contributed by atoms with Crippen molar-refractivity contribution >= 4 is 22.2 Å². The fraction of sp³-hybridized carbons (Fsp3) is 0.0556. The molecule has 0 atom stereocenters. The van der Waals surface area contributed by atoms with Gasteiger partial charge in [-0.05, 0) is 16.8 Å². The Morgan fingerprint density at radius 1 is 0.750 bits per heavy atom. The number of benzene rings is 3. The molecule has 3 aromatic rings. The lowest BCUT2D eigenvalue weighted by Gasteiger charge is -2.19. The summed E-state index contributed by atoms with van der Waals surface area (Å²) in [5.41, 5.74) is 4.62. The number of aliphatic imine (C=N–C) groups is 1. The number of hydrogen-bond acceptors (Lipinski definition) is 2. The average Bonchev–Trinajstić information content (AvgIpc) is 2.54. The Morgan fingerprint density at radius 3 is 2.50 bits per heavy atom. The van der Waals surface area contributed by atoms with Crippen LogP contribution in [0.5, 0.6) is 0 Å². The molecule has 0 aromatic heterocycles. The summed E-state index contributed by atoms with van der Waals surface area (Å²) in [6.07, 6.45) is 0. The Hall–Kier alpha value is -2.61. The van der Waals surface area contributed by atoms with Crippen molar-refractivity contribution < 1.29 is 0 Å². The molecular formula is C18H14N2. The van der Waals surface area contributed by atoms with Gasteiger partial charge in [0.2, 0.25) is 0 Å². The second-order valence-corrected chi connectivity index (χ2v) is 4.91. The lowest BCUT2D eigenvalue weighted by atomic mass is 9.95. The summed E-state index contributed by atoms with van der Waals surface area (Å²) in [5.74, 6) is 0. The summed E-state index contributed by atoms with van der Waals surface area (Å²) in [7, 11) is 0. The summed E-state index contributed by atoms with van der Waals surface area (Å²) < 4.78 is 0. The van der Waals surface area contributed by atoms with Crippen LogP contribution < -0.4 is 5.32 Å². The van der Waals surface area contributed by atoms with Gasteiger partial charge in [0, 0.05) is 16.8 Å². The SMILES string of the molecule is c1ccc2c(c1)NCN=C2c1cccc2ccccc12. The van der Waals surface area contributed by atoms with E-state index >= 15 is 0 Å². The first-order chi connectivity index (χ1) is 9.93. The molecule has 96 valence electrons. The summed E-state index contributed by atoms with van der Waals surface area (Å²) in [6.45, 7) is 0.634. The van der Waals surface area contributed by atoms with Gasteiger partial charge in [-0.1, -0.05) is 60.7 Å². The molecule has 20 heavy (non-hydrogen) atoms. The molecule has 0 saturated carbocycles. The zero-order chi connectivity index (χ0) is 13.4. The molecule has 2 heteroatoms. The molecular weight excluding hydrogens is 244 g/mol. The second kappa shape index (κ2) is 4.49. The molecule has 4 rings (SSSR count). The van der Waals surface area contributed by atoms with E-state index in [4.69, 9.17) is 4.99 Å². The molecule has 1 aliphatic heterocycles. The maximum atomic E-state index is 4.70. The van der Waals surface area contributed by atoms with Crippen molar-refractivity contribution in [3.63, 3.8) is 0 Å². The predicted molar refractivity (Wildman–Crippen MR) is 84.5 cm³/mol. The van der Waals surface area contributed by atoms with Crippen molar-refractivity contribution in [2.45, 2.75) is 0 Å². The molecule has 0 amide bonds. The van der Waals surface area contributed by atoms with Crippen LogP contribution in [0.2, 0.25) is 0 Å². The van der Waals surface area contributed by atoms with Crippen LogP contribution in [0.1, 0.15) is 11.1 Å². The minimum atomic E-state index is 0.634. The van der Waals surface area contributed by atoms with Crippen molar-refractivity contribution in [3.8, 4) is 0 Å². The number of para-hydroxylation sites is 1.